The minimum atomic E-state index is 0.648. The third-order valence-corrected chi connectivity index (χ3v) is 5.47. The standard InChI is InChI=1S/C16H23Br/c1-12(2)16(17)10-9-13-5-3-8-15(11-13)14-6-4-7-14/h3,5,8,11-12,14,16H,4,6-7,9-10H2,1-2H3. The fourth-order valence-electron chi connectivity index (χ4n) is 2.38. The van der Waals surface area contributed by atoms with Gasteiger partial charge in [0.1, 0.15) is 0 Å². The molecule has 0 aliphatic heterocycles. The maximum absolute atomic E-state index is 3.77. The van der Waals surface area contributed by atoms with Gasteiger partial charge >= 0.3 is 0 Å². The fraction of sp³-hybridized carbons (Fsp3) is 0.625. The molecule has 0 nitrogen and oxygen atoms in total. The Morgan fingerprint density at radius 3 is 2.65 bits per heavy atom. The number of aryl methyl sites for hydroxylation is 1. The van der Waals surface area contributed by atoms with Crippen LogP contribution in [0.2, 0.25) is 0 Å². The van der Waals surface area contributed by atoms with Crippen LogP contribution in [-0.2, 0) is 6.42 Å². The van der Waals surface area contributed by atoms with Gasteiger partial charge in [0.2, 0.25) is 0 Å². The fourth-order valence-corrected chi connectivity index (χ4v) is 2.61. The molecule has 0 bridgehead atoms. The van der Waals surface area contributed by atoms with Crippen LogP contribution in [0.3, 0.4) is 0 Å². The average Bonchev–Trinajstić information content (AvgIpc) is 2.24. The van der Waals surface area contributed by atoms with Crippen LogP contribution >= 0.6 is 15.9 Å². The Labute approximate surface area is 114 Å². The van der Waals surface area contributed by atoms with Crippen LogP contribution in [0.15, 0.2) is 24.3 Å². The predicted octanol–water partition coefficient (Wildman–Crippen LogP) is 5.31. The zero-order valence-corrected chi connectivity index (χ0v) is 12.5. The van der Waals surface area contributed by atoms with Crippen molar-refractivity contribution in [3.8, 4) is 0 Å². The highest BCUT2D eigenvalue weighted by Gasteiger charge is 2.19. The van der Waals surface area contributed by atoms with Crippen molar-refractivity contribution in [3.63, 3.8) is 0 Å². The van der Waals surface area contributed by atoms with Crippen LogP contribution in [-0.4, -0.2) is 4.83 Å². The van der Waals surface area contributed by atoms with E-state index in [1.54, 1.807) is 5.56 Å². The van der Waals surface area contributed by atoms with Crippen molar-refractivity contribution in [2.24, 2.45) is 5.92 Å². The van der Waals surface area contributed by atoms with Crippen LogP contribution in [0.1, 0.15) is 56.6 Å². The molecular formula is C16H23Br. The number of alkyl halides is 1. The number of benzene rings is 1. The van der Waals surface area contributed by atoms with Crippen molar-refractivity contribution in [2.75, 3.05) is 0 Å². The van der Waals surface area contributed by atoms with Crippen molar-refractivity contribution in [3.05, 3.63) is 35.4 Å². The molecule has 94 valence electrons. The topological polar surface area (TPSA) is 0 Å². The van der Waals surface area contributed by atoms with E-state index in [9.17, 15) is 0 Å². The molecule has 0 N–H and O–H groups in total. The molecule has 1 fully saturated rings. The molecule has 1 aliphatic rings. The van der Waals surface area contributed by atoms with Gasteiger partial charge in [0.25, 0.3) is 0 Å². The molecule has 2 rings (SSSR count). The van der Waals surface area contributed by atoms with Gasteiger partial charge in [-0.05, 0) is 48.6 Å². The highest BCUT2D eigenvalue weighted by molar-refractivity contribution is 9.09. The second-order valence-electron chi connectivity index (χ2n) is 5.67. The lowest BCUT2D eigenvalue weighted by atomic mass is 9.79. The maximum atomic E-state index is 3.77. The summed E-state index contributed by atoms with van der Waals surface area (Å²) in [6, 6.07) is 9.26. The molecule has 0 spiro atoms. The Morgan fingerprint density at radius 2 is 2.06 bits per heavy atom. The molecule has 1 aliphatic carbocycles. The molecule has 1 heteroatoms. The average molecular weight is 295 g/mol. The predicted molar refractivity (Wildman–Crippen MR) is 78.9 cm³/mol. The van der Waals surface area contributed by atoms with Crippen molar-refractivity contribution in [1.82, 2.24) is 0 Å². The molecule has 1 atom stereocenters. The van der Waals surface area contributed by atoms with Crippen LogP contribution in [0.5, 0.6) is 0 Å². The molecule has 1 aromatic carbocycles. The Hall–Kier alpha value is -0.300. The van der Waals surface area contributed by atoms with E-state index in [4.69, 9.17) is 0 Å². The smallest absolute Gasteiger partial charge is 0.0172 e. The normalized spacial score (nSPS) is 18.1. The zero-order chi connectivity index (χ0) is 12.3. The van der Waals surface area contributed by atoms with Gasteiger partial charge in [0.15, 0.2) is 0 Å². The van der Waals surface area contributed by atoms with E-state index in [2.05, 4.69) is 54.0 Å². The third kappa shape index (κ3) is 3.58. The van der Waals surface area contributed by atoms with Gasteiger partial charge in [-0.1, -0.05) is 60.5 Å². The summed E-state index contributed by atoms with van der Waals surface area (Å²) in [6.07, 6.45) is 6.67. The first-order valence-corrected chi connectivity index (χ1v) is 7.81. The lowest BCUT2D eigenvalue weighted by molar-refractivity contribution is 0.419. The molecule has 0 saturated heterocycles. The second kappa shape index (κ2) is 6.04. The van der Waals surface area contributed by atoms with E-state index in [0.29, 0.717) is 4.83 Å². The van der Waals surface area contributed by atoms with E-state index >= 15 is 0 Å². The van der Waals surface area contributed by atoms with Gasteiger partial charge in [0, 0.05) is 4.83 Å². The first-order chi connectivity index (χ1) is 8.16. The van der Waals surface area contributed by atoms with Crippen LogP contribution in [0.25, 0.3) is 0 Å². The molecule has 1 aromatic rings. The van der Waals surface area contributed by atoms with E-state index in [1.807, 2.05) is 0 Å². The number of hydrogen-bond acceptors (Lipinski definition) is 0. The van der Waals surface area contributed by atoms with Crippen molar-refractivity contribution in [2.45, 2.75) is 56.7 Å². The molecule has 0 heterocycles. The molecule has 1 unspecified atom stereocenters. The van der Waals surface area contributed by atoms with Crippen molar-refractivity contribution >= 4 is 15.9 Å². The molecule has 0 aromatic heterocycles. The van der Waals surface area contributed by atoms with Crippen molar-refractivity contribution in [1.29, 1.82) is 0 Å². The summed E-state index contributed by atoms with van der Waals surface area (Å²) in [4.78, 5) is 0.648. The van der Waals surface area contributed by atoms with Gasteiger partial charge < -0.3 is 0 Å². The lowest BCUT2D eigenvalue weighted by Gasteiger charge is -2.26. The summed E-state index contributed by atoms with van der Waals surface area (Å²) in [5.74, 6) is 1.59. The second-order valence-corrected chi connectivity index (χ2v) is 6.85. The Morgan fingerprint density at radius 1 is 1.29 bits per heavy atom. The van der Waals surface area contributed by atoms with E-state index in [1.165, 1.54) is 37.7 Å². The molecule has 1 saturated carbocycles. The van der Waals surface area contributed by atoms with Crippen LogP contribution < -0.4 is 0 Å². The number of rotatable bonds is 5. The van der Waals surface area contributed by atoms with Gasteiger partial charge in [-0.25, -0.2) is 0 Å². The zero-order valence-electron chi connectivity index (χ0n) is 11.0. The molecular weight excluding hydrogens is 272 g/mol. The van der Waals surface area contributed by atoms with Gasteiger partial charge in [-0.2, -0.15) is 0 Å². The molecule has 17 heavy (non-hydrogen) atoms. The quantitative estimate of drug-likeness (QED) is 0.646. The van der Waals surface area contributed by atoms with Crippen molar-refractivity contribution < 1.29 is 0 Å². The number of halogens is 1. The van der Waals surface area contributed by atoms with Gasteiger partial charge in [0.05, 0.1) is 0 Å². The highest BCUT2D eigenvalue weighted by Crippen LogP contribution is 2.36. The Kier molecular flexibility index (Phi) is 4.67. The first-order valence-electron chi connectivity index (χ1n) is 6.89. The summed E-state index contributed by atoms with van der Waals surface area (Å²) in [5, 5.41) is 0. The van der Waals surface area contributed by atoms with Gasteiger partial charge in [-0.3, -0.25) is 0 Å². The Balaban J connectivity index is 1.92. The minimum Gasteiger partial charge on any atom is -0.0888 e. The largest absolute Gasteiger partial charge is 0.0888 e. The van der Waals surface area contributed by atoms with E-state index < -0.39 is 0 Å². The Bertz CT molecular complexity index is 352. The highest BCUT2D eigenvalue weighted by atomic mass is 79.9. The first kappa shape index (κ1) is 13.1. The van der Waals surface area contributed by atoms with Gasteiger partial charge in [-0.15, -0.1) is 0 Å². The molecule has 0 amide bonds. The molecule has 0 radical (unpaired) electrons. The van der Waals surface area contributed by atoms with Crippen LogP contribution in [0.4, 0.5) is 0 Å². The summed E-state index contributed by atoms with van der Waals surface area (Å²) in [7, 11) is 0. The summed E-state index contributed by atoms with van der Waals surface area (Å²) >= 11 is 3.77. The maximum Gasteiger partial charge on any atom is 0.0172 e. The monoisotopic (exact) mass is 294 g/mol. The van der Waals surface area contributed by atoms with Crippen LogP contribution in [0, 0.1) is 5.92 Å². The summed E-state index contributed by atoms with van der Waals surface area (Å²) in [6.45, 7) is 4.56. The minimum absolute atomic E-state index is 0.648. The summed E-state index contributed by atoms with van der Waals surface area (Å²) in [5.41, 5.74) is 3.09. The SMILES string of the molecule is CC(C)C(Br)CCc1cccc(C2CCC2)c1. The number of hydrogen-bond donors (Lipinski definition) is 0. The van der Waals surface area contributed by atoms with E-state index in [-0.39, 0.29) is 0 Å². The third-order valence-electron chi connectivity index (χ3n) is 3.96. The summed E-state index contributed by atoms with van der Waals surface area (Å²) < 4.78 is 0. The van der Waals surface area contributed by atoms with E-state index in [0.717, 1.165) is 11.8 Å². The lowest BCUT2D eigenvalue weighted by Crippen LogP contribution is -2.10.